The zero-order valence-electron chi connectivity index (χ0n) is 21.9. The molecular formula is C30H29N5O4. The number of nitrogens with zero attached hydrogens (tertiary/aromatic N) is 5. The third-order valence-corrected chi connectivity index (χ3v) is 7.30. The van der Waals surface area contributed by atoms with Gasteiger partial charge in [0.15, 0.2) is 17.0 Å². The number of aromatic nitrogens is 3. The monoisotopic (exact) mass is 523 g/mol. The summed E-state index contributed by atoms with van der Waals surface area (Å²) in [4.78, 5) is 32.1. The summed E-state index contributed by atoms with van der Waals surface area (Å²) >= 11 is 0. The Hall–Kier alpha value is -4.29. The number of piperidine rings is 1. The number of furan rings is 1. The summed E-state index contributed by atoms with van der Waals surface area (Å²) in [5, 5.41) is 0. The van der Waals surface area contributed by atoms with Crippen molar-refractivity contribution >= 4 is 22.8 Å². The molecule has 1 amide bonds. The predicted molar refractivity (Wildman–Crippen MR) is 146 cm³/mol. The van der Waals surface area contributed by atoms with Gasteiger partial charge in [0.1, 0.15) is 23.1 Å². The lowest BCUT2D eigenvalue weighted by atomic mass is 10.1. The van der Waals surface area contributed by atoms with Crippen LogP contribution in [0.5, 0.6) is 5.75 Å². The van der Waals surface area contributed by atoms with Crippen molar-refractivity contribution in [2.24, 2.45) is 0 Å². The van der Waals surface area contributed by atoms with E-state index in [1.807, 2.05) is 36.1 Å². The van der Waals surface area contributed by atoms with E-state index in [0.717, 1.165) is 49.9 Å². The topological polar surface area (TPSA) is 94.9 Å². The Balaban J connectivity index is 1.29. The van der Waals surface area contributed by atoms with Gasteiger partial charge in [0, 0.05) is 44.4 Å². The number of ether oxygens (including phenoxy) is 2. The molecule has 9 nitrogen and oxygen atoms in total. The number of aryl methyl sites for hydroxylation is 1. The van der Waals surface area contributed by atoms with E-state index in [1.54, 1.807) is 18.5 Å². The molecule has 0 radical (unpaired) electrons. The fourth-order valence-electron chi connectivity index (χ4n) is 5.22. The normalized spacial score (nSPS) is 16.3. The molecule has 0 bridgehead atoms. The maximum atomic E-state index is 12.9. The molecule has 2 saturated heterocycles. The summed E-state index contributed by atoms with van der Waals surface area (Å²) in [7, 11) is 0. The van der Waals surface area contributed by atoms with Gasteiger partial charge in [-0.1, -0.05) is 6.57 Å². The minimum Gasteiger partial charge on any atom is -0.499 e. The van der Waals surface area contributed by atoms with Crippen molar-refractivity contribution in [2.45, 2.75) is 45.1 Å². The molecule has 0 unspecified atom stereocenters. The van der Waals surface area contributed by atoms with Crippen molar-refractivity contribution in [1.29, 1.82) is 0 Å². The second kappa shape index (κ2) is 10.8. The van der Waals surface area contributed by atoms with Crippen molar-refractivity contribution in [3.63, 3.8) is 0 Å². The third-order valence-electron chi connectivity index (χ3n) is 7.30. The van der Waals surface area contributed by atoms with Crippen molar-refractivity contribution in [2.75, 3.05) is 26.3 Å². The van der Waals surface area contributed by atoms with Gasteiger partial charge < -0.3 is 23.6 Å². The van der Waals surface area contributed by atoms with Gasteiger partial charge in [0.05, 0.1) is 24.3 Å². The Kier molecular flexibility index (Phi) is 6.95. The second-order valence-corrected chi connectivity index (χ2v) is 9.99. The van der Waals surface area contributed by atoms with Crippen LogP contribution in [0.4, 0.5) is 5.82 Å². The molecule has 6 rings (SSSR count). The van der Waals surface area contributed by atoms with E-state index in [0.29, 0.717) is 52.8 Å². The van der Waals surface area contributed by atoms with Crippen LogP contribution in [0.1, 0.15) is 48.0 Å². The first-order chi connectivity index (χ1) is 19.1. The molecule has 2 aliphatic heterocycles. The molecule has 0 saturated carbocycles. The molecule has 2 aliphatic rings. The minimum absolute atomic E-state index is 0.0180. The van der Waals surface area contributed by atoms with Crippen LogP contribution in [0.15, 0.2) is 47.1 Å². The van der Waals surface area contributed by atoms with E-state index in [-0.39, 0.29) is 17.8 Å². The number of fused-ring (bicyclic) bond motifs is 1. The Morgan fingerprint density at radius 3 is 2.69 bits per heavy atom. The zero-order valence-corrected chi connectivity index (χ0v) is 21.9. The SMILES string of the molecule is [C-]#[N+]c1nc(-c2ccnc3cc(-c4ncc(C(=O)N5CCCCC5)cc4C)oc23)ccc1OC1CCOCC1. The lowest BCUT2D eigenvalue weighted by molar-refractivity contribution is 0.0258. The van der Waals surface area contributed by atoms with Crippen LogP contribution in [0, 0.1) is 13.5 Å². The largest absolute Gasteiger partial charge is 0.499 e. The molecule has 0 aliphatic carbocycles. The first-order valence-corrected chi connectivity index (χ1v) is 13.4. The summed E-state index contributed by atoms with van der Waals surface area (Å²) in [5.41, 5.74) is 4.64. The Bertz CT molecular complexity index is 1560. The van der Waals surface area contributed by atoms with E-state index < -0.39 is 0 Å². The van der Waals surface area contributed by atoms with Gasteiger partial charge >= 0.3 is 5.82 Å². The first kappa shape index (κ1) is 25.0. The van der Waals surface area contributed by atoms with Crippen LogP contribution in [-0.2, 0) is 4.74 Å². The number of hydrogen-bond acceptors (Lipinski definition) is 7. The third kappa shape index (κ3) is 5.08. The van der Waals surface area contributed by atoms with Crippen molar-refractivity contribution in [3.05, 3.63) is 65.3 Å². The van der Waals surface area contributed by atoms with E-state index >= 15 is 0 Å². The fraction of sp³-hybridized carbons (Fsp3) is 0.367. The molecule has 198 valence electrons. The standard InChI is InChI=1S/C30H29N5O4/c1-19-16-20(30(36)35-12-4-3-5-13-35)18-33-27(19)26-17-24-28(39-26)22(8-11-32-24)23-6-7-25(29(31-2)34-23)38-21-9-14-37-15-10-21/h6-8,11,16-18,21H,3-5,9-10,12-15H2,1H3. The van der Waals surface area contributed by atoms with Crippen molar-refractivity contribution in [1.82, 2.24) is 19.9 Å². The summed E-state index contributed by atoms with van der Waals surface area (Å²) in [6, 6.07) is 9.18. The Morgan fingerprint density at radius 2 is 1.92 bits per heavy atom. The van der Waals surface area contributed by atoms with E-state index in [4.69, 9.17) is 20.5 Å². The molecule has 0 N–H and O–H groups in total. The number of likely N-dealkylation sites (tertiary alicyclic amines) is 1. The maximum absolute atomic E-state index is 12.9. The highest BCUT2D eigenvalue weighted by Crippen LogP contribution is 2.36. The fourth-order valence-corrected chi connectivity index (χ4v) is 5.22. The Morgan fingerprint density at radius 1 is 1.10 bits per heavy atom. The molecule has 2 fully saturated rings. The predicted octanol–water partition coefficient (Wildman–Crippen LogP) is 5.99. The smallest absolute Gasteiger partial charge is 0.312 e. The van der Waals surface area contributed by atoms with Gasteiger partial charge in [-0.25, -0.2) is 0 Å². The highest BCUT2D eigenvalue weighted by molar-refractivity contribution is 5.95. The van der Waals surface area contributed by atoms with Gasteiger partial charge in [0.2, 0.25) is 0 Å². The second-order valence-electron chi connectivity index (χ2n) is 9.99. The van der Waals surface area contributed by atoms with Crippen LogP contribution >= 0.6 is 0 Å². The highest BCUT2D eigenvalue weighted by Gasteiger charge is 2.23. The molecule has 0 spiro atoms. The van der Waals surface area contributed by atoms with Gasteiger partial charge in [-0.2, -0.15) is 0 Å². The molecule has 4 aromatic heterocycles. The van der Waals surface area contributed by atoms with Crippen molar-refractivity contribution in [3.8, 4) is 28.5 Å². The summed E-state index contributed by atoms with van der Waals surface area (Å²) in [6.45, 7) is 12.5. The van der Waals surface area contributed by atoms with Gasteiger partial charge in [-0.15, -0.1) is 4.98 Å². The molecule has 0 aromatic carbocycles. The van der Waals surface area contributed by atoms with Gasteiger partial charge in [0.25, 0.3) is 5.91 Å². The average Bonchev–Trinajstić information content (AvgIpc) is 3.42. The van der Waals surface area contributed by atoms with Crippen LogP contribution in [0.3, 0.4) is 0 Å². The maximum Gasteiger partial charge on any atom is 0.312 e. The molecule has 4 aromatic rings. The quantitative estimate of drug-likeness (QED) is 0.296. The zero-order chi connectivity index (χ0) is 26.8. The molecule has 6 heterocycles. The summed E-state index contributed by atoms with van der Waals surface area (Å²) in [6.07, 6.45) is 8.19. The van der Waals surface area contributed by atoms with Crippen LogP contribution < -0.4 is 4.74 Å². The molecule has 0 atom stereocenters. The number of amides is 1. The van der Waals surface area contributed by atoms with Crippen LogP contribution in [0.2, 0.25) is 0 Å². The first-order valence-electron chi connectivity index (χ1n) is 13.4. The van der Waals surface area contributed by atoms with Crippen molar-refractivity contribution < 1.29 is 18.7 Å². The van der Waals surface area contributed by atoms with Gasteiger partial charge in [-0.3, -0.25) is 14.8 Å². The minimum atomic E-state index is 0.0180. The summed E-state index contributed by atoms with van der Waals surface area (Å²) < 4.78 is 17.7. The van der Waals surface area contributed by atoms with E-state index in [1.165, 1.54) is 6.42 Å². The Labute approximate surface area is 226 Å². The lowest BCUT2D eigenvalue weighted by Crippen LogP contribution is -2.35. The summed E-state index contributed by atoms with van der Waals surface area (Å²) in [5.74, 6) is 1.27. The van der Waals surface area contributed by atoms with E-state index in [2.05, 4.69) is 19.8 Å². The lowest BCUT2D eigenvalue weighted by Gasteiger charge is -2.26. The molecule has 9 heteroatoms. The van der Waals surface area contributed by atoms with Crippen LogP contribution in [0.25, 0.3) is 38.7 Å². The molecule has 39 heavy (non-hydrogen) atoms. The van der Waals surface area contributed by atoms with Crippen LogP contribution in [-0.4, -0.2) is 58.2 Å². The number of rotatable bonds is 5. The van der Waals surface area contributed by atoms with E-state index in [9.17, 15) is 4.79 Å². The molecular weight excluding hydrogens is 494 g/mol. The number of carbonyl (C=O) groups is 1. The number of carbonyl (C=O) groups excluding carboxylic acids is 1. The highest BCUT2D eigenvalue weighted by atomic mass is 16.5. The number of hydrogen-bond donors (Lipinski definition) is 0. The number of pyridine rings is 3. The van der Waals surface area contributed by atoms with Gasteiger partial charge in [-0.05, 0) is 56.0 Å². The average molecular weight is 524 g/mol.